The van der Waals surface area contributed by atoms with Crippen molar-refractivity contribution >= 4 is 16.8 Å². The molecule has 5 nitrogen and oxygen atoms in total. The summed E-state index contributed by atoms with van der Waals surface area (Å²) in [6.07, 6.45) is 4.63. The van der Waals surface area contributed by atoms with Crippen LogP contribution in [0.15, 0.2) is 71.7 Å². The molecule has 1 aromatic heterocycles. The fourth-order valence-corrected chi connectivity index (χ4v) is 6.16. The number of rotatable bonds is 5. The Balaban J connectivity index is 0.00000337. The molecule has 1 fully saturated rings. The summed E-state index contributed by atoms with van der Waals surface area (Å²) >= 11 is 0. The minimum atomic E-state index is -0.307. The van der Waals surface area contributed by atoms with Gasteiger partial charge in [0.2, 0.25) is 5.88 Å². The van der Waals surface area contributed by atoms with Crippen molar-refractivity contribution in [2.24, 2.45) is 10.4 Å². The molecule has 1 saturated carbocycles. The zero-order valence-corrected chi connectivity index (χ0v) is 26.6. The number of aliphatic imine (C=N–C) groups is 1. The van der Waals surface area contributed by atoms with E-state index >= 15 is 0 Å². The van der Waals surface area contributed by atoms with Crippen LogP contribution in [-0.2, 0) is 31.2 Å². The fraction of sp³-hybridized carbons (Fsp3) is 0.371. The van der Waals surface area contributed by atoms with Crippen LogP contribution in [0.2, 0.25) is 0 Å². The van der Waals surface area contributed by atoms with Crippen molar-refractivity contribution < 1.29 is 35.6 Å². The molecule has 3 aromatic carbocycles. The van der Waals surface area contributed by atoms with Gasteiger partial charge in [-0.05, 0) is 66.3 Å². The van der Waals surface area contributed by atoms with Gasteiger partial charge in [-0.3, -0.25) is 4.99 Å². The van der Waals surface area contributed by atoms with Gasteiger partial charge in [0, 0.05) is 38.3 Å². The number of pyridine rings is 1. The van der Waals surface area contributed by atoms with Crippen molar-refractivity contribution in [3.8, 4) is 17.4 Å². The second-order valence-corrected chi connectivity index (χ2v) is 12.5. The molecule has 6 rings (SSSR count). The zero-order chi connectivity index (χ0) is 28.1. The van der Waals surface area contributed by atoms with Crippen molar-refractivity contribution in [3.05, 3.63) is 95.1 Å². The Hall–Kier alpha value is -3.17. The van der Waals surface area contributed by atoms with E-state index < -0.39 is 0 Å². The Morgan fingerprint density at radius 2 is 1.78 bits per heavy atom. The molecular formula is C35H37N2O3Pt-. The molecule has 41 heavy (non-hydrogen) atoms. The first-order chi connectivity index (χ1) is 19.1. The Bertz CT molecular complexity index is 1600. The normalized spacial score (nSPS) is 19.9. The summed E-state index contributed by atoms with van der Waals surface area (Å²) in [5.74, 6) is 1.70. The number of phenolic OH excluding ortho intramolecular Hbond substituents is 1. The van der Waals surface area contributed by atoms with Crippen LogP contribution in [0.4, 0.5) is 0 Å². The Morgan fingerprint density at radius 3 is 2.56 bits per heavy atom. The van der Waals surface area contributed by atoms with Gasteiger partial charge in [0.25, 0.3) is 0 Å². The van der Waals surface area contributed by atoms with Crippen molar-refractivity contribution in [2.45, 2.75) is 77.9 Å². The van der Waals surface area contributed by atoms with Gasteiger partial charge < -0.3 is 14.6 Å². The van der Waals surface area contributed by atoms with E-state index in [1.165, 1.54) is 12.0 Å². The third kappa shape index (κ3) is 5.79. The number of phenols is 1. The maximum Gasteiger partial charge on any atom is 0.217 e. The molecule has 0 spiro atoms. The Morgan fingerprint density at radius 1 is 1.00 bits per heavy atom. The van der Waals surface area contributed by atoms with E-state index in [9.17, 15) is 5.11 Å². The number of aromatic nitrogens is 1. The zero-order valence-electron chi connectivity index (χ0n) is 24.3. The van der Waals surface area contributed by atoms with E-state index in [0.29, 0.717) is 23.0 Å². The smallest absolute Gasteiger partial charge is 0.217 e. The number of hydrogen-bond acceptors (Lipinski definition) is 5. The minimum Gasteiger partial charge on any atom is -0.515 e. The molecule has 4 aromatic rings. The molecule has 6 heteroatoms. The van der Waals surface area contributed by atoms with Gasteiger partial charge in [0.15, 0.2) is 0 Å². The summed E-state index contributed by atoms with van der Waals surface area (Å²) in [7, 11) is 0. The van der Waals surface area contributed by atoms with Crippen LogP contribution in [-0.4, -0.2) is 28.1 Å². The van der Waals surface area contributed by atoms with Crippen LogP contribution in [0.1, 0.15) is 75.6 Å². The average Bonchev–Trinajstić information content (AvgIpc) is 3.32. The molecule has 2 aliphatic rings. The summed E-state index contributed by atoms with van der Waals surface area (Å²) in [6.45, 7) is 11.0. The molecule has 0 saturated heterocycles. The molecule has 1 aliphatic heterocycles. The van der Waals surface area contributed by atoms with E-state index in [1.807, 2.05) is 37.3 Å². The summed E-state index contributed by atoms with van der Waals surface area (Å²) in [4.78, 5) is 9.78. The van der Waals surface area contributed by atoms with E-state index in [2.05, 4.69) is 69.1 Å². The topological polar surface area (TPSA) is 63.9 Å². The van der Waals surface area contributed by atoms with Crippen LogP contribution in [0.25, 0.3) is 10.9 Å². The SMILES string of the molecule is Cc1cc(O)c2nc(Oc3[c-]c(C4=N[C@@H]5[C@@H](CCCCC5(C)C)O4)cc(C(C)(C)c4ccccc4)c3)ccc2c1.[Pt]. The molecule has 2 heterocycles. The molecule has 1 N–H and O–H groups in total. The predicted octanol–water partition coefficient (Wildman–Crippen LogP) is 8.28. The molecule has 2 atom stereocenters. The second-order valence-electron chi connectivity index (χ2n) is 12.5. The van der Waals surface area contributed by atoms with E-state index in [0.717, 1.165) is 41.3 Å². The number of ether oxygens (including phenoxy) is 2. The van der Waals surface area contributed by atoms with Crippen LogP contribution in [0.3, 0.4) is 0 Å². The Kier molecular flexibility index (Phi) is 8.05. The number of aromatic hydroxyl groups is 1. The molecule has 0 unspecified atom stereocenters. The summed E-state index contributed by atoms with van der Waals surface area (Å²) < 4.78 is 12.9. The predicted molar refractivity (Wildman–Crippen MR) is 160 cm³/mol. The van der Waals surface area contributed by atoms with Crippen LogP contribution in [0, 0.1) is 18.4 Å². The van der Waals surface area contributed by atoms with Crippen molar-refractivity contribution in [3.63, 3.8) is 0 Å². The number of hydrogen-bond donors (Lipinski definition) is 1. The first kappa shape index (κ1) is 29.3. The second kappa shape index (κ2) is 11.2. The molecule has 1 aliphatic carbocycles. The van der Waals surface area contributed by atoms with Gasteiger partial charge in [-0.15, -0.1) is 11.6 Å². The van der Waals surface area contributed by atoms with E-state index in [1.54, 1.807) is 6.07 Å². The third-order valence-electron chi connectivity index (χ3n) is 8.63. The molecular weight excluding hydrogens is 691 g/mol. The maximum atomic E-state index is 10.5. The minimum absolute atomic E-state index is 0. The maximum absolute atomic E-state index is 10.5. The first-order valence-electron chi connectivity index (χ1n) is 14.3. The third-order valence-corrected chi connectivity index (χ3v) is 8.63. The number of fused-ring (bicyclic) bond motifs is 2. The number of benzene rings is 3. The summed E-state index contributed by atoms with van der Waals surface area (Å²) in [5.41, 5.74) is 4.32. The number of nitrogens with zero attached hydrogens (tertiary/aromatic N) is 2. The monoisotopic (exact) mass is 728 g/mol. The van der Waals surface area contributed by atoms with Crippen LogP contribution < -0.4 is 4.74 Å². The molecule has 0 radical (unpaired) electrons. The number of aryl methyl sites for hydroxylation is 1. The molecule has 0 bridgehead atoms. The van der Waals surface area contributed by atoms with Crippen molar-refractivity contribution in [1.29, 1.82) is 0 Å². The van der Waals surface area contributed by atoms with E-state index in [-0.39, 0.29) is 49.8 Å². The standard InChI is InChI=1S/C35H37N2O3.Pt/c1-22-17-23-14-15-30(36-31(23)28(38)18-22)39-27-20-24(19-26(21-27)35(4,5)25-11-7-6-8-12-25)33-37-32-29(40-33)13-9-10-16-34(32,2)3;/h6-8,11-12,14-15,17-19,21,29,32,38H,9-10,13,16H2,1-5H3;/q-1;/t29-,32-;/m1./s1. The largest absolute Gasteiger partial charge is 0.515 e. The van der Waals surface area contributed by atoms with Crippen molar-refractivity contribution in [2.75, 3.05) is 0 Å². The first-order valence-corrected chi connectivity index (χ1v) is 14.3. The van der Waals surface area contributed by atoms with Gasteiger partial charge in [0.1, 0.15) is 23.3 Å². The van der Waals surface area contributed by atoms with Crippen molar-refractivity contribution in [1.82, 2.24) is 4.98 Å². The molecule has 0 amide bonds. The van der Waals surface area contributed by atoms with Gasteiger partial charge in [-0.1, -0.05) is 82.1 Å². The van der Waals surface area contributed by atoms with Gasteiger partial charge >= 0.3 is 0 Å². The van der Waals surface area contributed by atoms with Gasteiger partial charge in [-0.2, -0.15) is 0 Å². The van der Waals surface area contributed by atoms with Crippen LogP contribution in [0.5, 0.6) is 17.4 Å². The average molecular weight is 729 g/mol. The fourth-order valence-electron chi connectivity index (χ4n) is 6.16. The van der Waals surface area contributed by atoms with Crippen LogP contribution >= 0.6 is 0 Å². The van der Waals surface area contributed by atoms with E-state index in [4.69, 9.17) is 14.5 Å². The van der Waals surface area contributed by atoms with Gasteiger partial charge in [-0.25, -0.2) is 4.98 Å². The summed E-state index contributed by atoms with van der Waals surface area (Å²) in [5, 5.41) is 11.4. The molecule has 216 valence electrons. The Labute approximate surface area is 257 Å². The van der Waals surface area contributed by atoms with Gasteiger partial charge in [0.05, 0.1) is 6.04 Å². The quantitative estimate of drug-likeness (QED) is 0.210. The summed E-state index contributed by atoms with van der Waals surface area (Å²) in [6, 6.07) is 25.7.